The van der Waals surface area contributed by atoms with Crippen molar-refractivity contribution < 1.29 is 27.9 Å². The van der Waals surface area contributed by atoms with Crippen molar-refractivity contribution in [3.05, 3.63) is 0 Å². The maximum atomic E-state index is 11.9. The Labute approximate surface area is 109 Å². The van der Waals surface area contributed by atoms with Crippen LogP contribution < -0.4 is 5.32 Å². The second kappa shape index (κ2) is 5.38. The zero-order chi connectivity index (χ0) is 14.8. The van der Waals surface area contributed by atoms with Crippen LogP contribution in [0.4, 0.5) is 13.2 Å². The molecule has 0 unspecified atom stereocenters. The van der Waals surface area contributed by atoms with E-state index in [-0.39, 0.29) is 25.3 Å². The van der Waals surface area contributed by atoms with Crippen LogP contribution in [-0.4, -0.2) is 29.7 Å². The van der Waals surface area contributed by atoms with E-state index < -0.39 is 35.8 Å². The zero-order valence-corrected chi connectivity index (χ0v) is 10.9. The summed E-state index contributed by atoms with van der Waals surface area (Å²) in [7, 11) is 0. The molecule has 2 N–H and O–H groups in total. The summed E-state index contributed by atoms with van der Waals surface area (Å²) in [4.78, 5) is 22.6. The second-order valence-electron chi connectivity index (χ2n) is 5.48. The summed E-state index contributed by atoms with van der Waals surface area (Å²) in [6.07, 6.45) is -4.84. The number of alkyl halides is 3. The van der Waals surface area contributed by atoms with Crippen LogP contribution in [0.1, 0.15) is 33.1 Å². The SMILES string of the molecule is CC1(C)[C@H](C(=O)O)[C@@H]1C(=O)NCCCCC(F)(F)F. The fourth-order valence-electron chi connectivity index (χ4n) is 2.36. The van der Waals surface area contributed by atoms with Crippen molar-refractivity contribution in [3.8, 4) is 0 Å². The summed E-state index contributed by atoms with van der Waals surface area (Å²) in [6.45, 7) is 3.53. The van der Waals surface area contributed by atoms with E-state index in [0.717, 1.165) is 0 Å². The van der Waals surface area contributed by atoms with Gasteiger partial charge in [0.2, 0.25) is 5.91 Å². The number of carboxylic acids is 1. The molecule has 0 aromatic rings. The van der Waals surface area contributed by atoms with Crippen LogP contribution in [0.25, 0.3) is 0 Å². The maximum Gasteiger partial charge on any atom is 0.389 e. The van der Waals surface area contributed by atoms with Gasteiger partial charge in [0.05, 0.1) is 11.8 Å². The van der Waals surface area contributed by atoms with Crippen LogP contribution in [0, 0.1) is 17.3 Å². The third-order valence-electron chi connectivity index (χ3n) is 3.56. The molecule has 1 rings (SSSR count). The lowest BCUT2D eigenvalue weighted by Gasteiger charge is -2.07. The van der Waals surface area contributed by atoms with Crippen molar-refractivity contribution in [2.75, 3.05) is 6.54 Å². The number of carbonyl (C=O) groups is 2. The quantitative estimate of drug-likeness (QED) is 0.733. The van der Waals surface area contributed by atoms with E-state index in [1.54, 1.807) is 13.8 Å². The lowest BCUT2D eigenvalue weighted by atomic mass is 10.1. The molecule has 110 valence electrons. The monoisotopic (exact) mass is 281 g/mol. The van der Waals surface area contributed by atoms with E-state index in [0.29, 0.717) is 0 Å². The van der Waals surface area contributed by atoms with Crippen LogP contribution in [0.15, 0.2) is 0 Å². The first-order chi connectivity index (χ1) is 8.57. The fraction of sp³-hybridized carbons (Fsp3) is 0.833. The van der Waals surface area contributed by atoms with E-state index in [9.17, 15) is 22.8 Å². The van der Waals surface area contributed by atoms with Gasteiger partial charge in [-0.2, -0.15) is 13.2 Å². The number of amides is 1. The molecular formula is C12H18F3NO3. The molecule has 0 saturated heterocycles. The predicted molar refractivity (Wildman–Crippen MR) is 61.3 cm³/mol. The van der Waals surface area contributed by atoms with E-state index in [2.05, 4.69) is 5.32 Å². The highest BCUT2D eigenvalue weighted by Crippen LogP contribution is 2.58. The lowest BCUT2D eigenvalue weighted by molar-refractivity contribution is -0.140. The number of hydrogen-bond acceptors (Lipinski definition) is 2. The summed E-state index contributed by atoms with van der Waals surface area (Å²) in [5.41, 5.74) is -0.581. The first kappa shape index (κ1) is 15.8. The van der Waals surface area contributed by atoms with Gasteiger partial charge in [0.25, 0.3) is 0 Å². The van der Waals surface area contributed by atoms with Crippen molar-refractivity contribution in [1.82, 2.24) is 5.32 Å². The molecule has 0 bridgehead atoms. The summed E-state index contributed by atoms with van der Waals surface area (Å²) in [5, 5.41) is 11.4. The number of carbonyl (C=O) groups excluding carboxylic acids is 1. The number of unbranched alkanes of at least 4 members (excludes halogenated alkanes) is 1. The molecule has 0 radical (unpaired) electrons. The fourth-order valence-corrected chi connectivity index (χ4v) is 2.36. The molecule has 2 atom stereocenters. The molecule has 0 aromatic heterocycles. The Morgan fingerprint density at radius 3 is 2.21 bits per heavy atom. The third kappa shape index (κ3) is 4.11. The molecule has 0 heterocycles. The summed E-state index contributed by atoms with van der Waals surface area (Å²) in [5.74, 6) is -2.69. The highest BCUT2D eigenvalue weighted by Gasteiger charge is 2.65. The van der Waals surface area contributed by atoms with Gasteiger partial charge in [-0.05, 0) is 18.3 Å². The number of rotatable bonds is 6. The minimum atomic E-state index is -4.17. The van der Waals surface area contributed by atoms with E-state index in [1.165, 1.54) is 0 Å². The first-order valence-corrected chi connectivity index (χ1v) is 6.14. The van der Waals surface area contributed by atoms with Crippen LogP contribution >= 0.6 is 0 Å². The molecule has 19 heavy (non-hydrogen) atoms. The molecule has 1 amide bonds. The van der Waals surface area contributed by atoms with Gasteiger partial charge in [0.1, 0.15) is 0 Å². The average molecular weight is 281 g/mol. The molecule has 1 aliphatic rings. The normalized spacial score (nSPS) is 24.9. The topological polar surface area (TPSA) is 66.4 Å². The number of nitrogens with one attached hydrogen (secondary N) is 1. The van der Waals surface area contributed by atoms with Gasteiger partial charge in [0, 0.05) is 13.0 Å². The Morgan fingerprint density at radius 1 is 1.21 bits per heavy atom. The Morgan fingerprint density at radius 2 is 1.79 bits per heavy atom. The Balaban J connectivity index is 2.25. The highest BCUT2D eigenvalue weighted by molar-refractivity contribution is 5.91. The smallest absolute Gasteiger partial charge is 0.389 e. The van der Waals surface area contributed by atoms with E-state index >= 15 is 0 Å². The van der Waals surface area contributed by atoms with E-state index in [1.807, 2.05) is 0 Å². The van der Waals surface area contributed by atoms with Crippen molar-refractivity contribution in [1.29, 1.82) is 0 Å². The Hall–Kier alpha value is -1.27. The van der Waals surface area contributed by atoms with Crippen molar-refractivity contribution in [3.63, 3.8) is 0 Å². The molecule has 0 aromatic carbocycles. The second-order valence-corrected chi connectivity index (χ2v) is 5.48. The molecule has 1 fully saturated rings. The lowest BCUT2D eigenvalue weighted by Crippen LogP contribution is -2.28. The van der Waals surface area contributed by atoms with E-state index in [4.69, 9.17) is 5.11 Å². The summed E-state index contributed by atoms with van der Waals surface area (Å²) >= 11 is 0. The molecule has 1 aliphatic carbocycles. The Bertz CT molecular complexity index is 366. The highest BCUT2D eigenvalue weighted by atomic mass is 19.4. The number of aliphatic carboxylic acids is 1. The summed E-state index contributed by atoms with van der Waals surface area (Å²) in [6, 6.07) is 0. The van der Waals surface area contributed by atoms with Crippen molar-refractivity contribution in [2.45, 2.75) is 39.3 Å². The predicted octanol–water partition coefficient (Wildman–Crippen LogP) is 2.19. The Kier molecular flexibility index (Phi) is 4.47. The molecule has 0 aliphatic heterocycles. The van der Waals surface area contributed by atoms with Crippen LogP contribution in [0.5, 0.6) is 0 Å². The van der Waals surface area contributed by atoms with Gasteiger partial charge < -0.3 is 10.4 Å². The van der Waals surface area contributed by atoms with Gasteiger partial charge >= 0.3 is 12.1 Å². The van der Waals surface area contributed by atoms with Gasteiger partial charge in [0.15, 0.2) is 0 Å². The van der Waals surface area contributed by atoms with Gasteiger partial charge in [-0.15, -0.1) is 0 Å². The van der Waals surface area contributed by atoms with Crippen LogP contribution in [0.2, 0.25) is 0 Å². The molecule has 0 spiro atoms. The third-order valence-corrected chi connectivity index (χ3v) is 3.56. The van der Waals surface area contributed by atoms with Gasteiger partial charge in [-0.1, -0.05) is 13.8 Å². The number of halogens is 3. The molecular weight excluding hydrogens is 263 g/mol. The first-order valence-electron chi connectivity index (χ1n) is 6.14. The molecule has 4 nitrogen and oxygen atoms in total. The largest absolute Gasteiger partial charge is 0.481 e. The van der Waals surface area contributed by atoms with Crippen molar-refractivity contribution in [2.24, 2.45) is 17.3 Å². The zero-order valence-electron chi connectivity index (χ0n) is 10.9. The minimum Gasteiger partial charge on any atom is -0.481 e. The molecule has 1 saturated carbocycles. The van der Waals surface area contributed by atoms with Crippen LogP contribution in [0.3, 0.4) is 0 Å². The average Bonchev–Trinajstić information content (AvgIpc) is 2.79. The molecule has 7 heteroatoms. The standard InChI is InChI=1S/C12H18F3NO3/c1-11(2)7(8(11)10(18)19)9(17)16-6-4-3-5-12(13,14)15/h7-8H,3-6H2,1-2H3,(H,16,17)(H,18,19)/t7-,8+/m1/s1. The van der Waals surface area contributed by atoms with Gasteiger partial charge in [-0.25, -0.2) is 0 Å². The minimum absolute atomic E-state index is 0.0415. The van der Waals surface area contributed by atoms with Gasteiger partial charge in [-0.3, -0.25) is 9.59 Å². The van der Waals surface area contributed by atoms with Crippen molar-refractivity contribution >= 4 is 11.9 Å². The summed E-state index contributed by atoms with van der Waals surface area (Å²) < 4.78 is 35.6. The van der Waals surface area contributed by atoms with Crippen LogP contribution in [-0.2, 0) is 9.59 Å². The number of carboxylic acid groups (broad SMARTS) is 1. The number of hydrogen-bond donors (Lipinski definition) is 2. The maximum absolute atomic E-state index is 11.9.